The molecule has 4 rings (SSSR count). The predicted octanol–water partition coefficient (Wildman–Crippen LogP) is 3.27. The van der Waals surface area contributed by atoms with Gasteiger partial charge in [0.25, 0.3) is 0 Å². The molecule has 0 bridgehead atoms. The molecular formula is C19H20ClN3O2. The number of nitrogens with zero attached hydrogens (tertiary/aromatic N) is 2. The molecule has 0 saturated carbocycles. The molecule has 0 unspecified atom stereocenters. The second-order valence-corrected chi connectivity index (χ2v) is 6.52. The summed E-state index contributed by atoms with van der Waals surface area (Å²) in [6.07, 6.45) is 0.845. The van der Waals surface area contributed by atoms with E-state index in [4.69, 9.17) is 26.1 Å². The van der Waals surface area contributed by atoms with E-state index in [2.05, 4.69) is 16.0 Å². The highest BCUT2D eigenvalue weighted by Gasteiger charge is 2.18. The molecule has 3 aromatic rings. The first-order valence-electron chi connectivity index (χ1n) is 8.42. The minimum atomic E-state index is 0.577. The molecule has 1 aliphatic rings. The van der Waals surface area contributed by atoms with E-state index in [-0.39, 0.29) is 0 Å². The van der Waals surface area contributed by atoms with Gasteiger partial charge in [-0.25, -0.2) is 4.98 Å². The van der Waals surface area contributed by atoms with Gasteiger partial charge in [-0.05, 0) is 24.7 Å². The van der Waals surface area contributed by atoms with Crippen LogP contribution in [0.1, 0.15) is 11.4 Å². The van der Waals surface area contributed by atoms with Gasteiger partial charge in [-0.2, -0.15) is 0 Å². The second-order valence-electron chi connectivity index (χ2n) is 6.08. The van der Waals surface area contributed by atoms with Crippen LogP contribution in [0.25, 0.3) is 11.0 Å². The average molecular weight is 358 g/mol. The molecule has 1 aliphatic heterocycles. The summed E-state index contributed by atoms with van der Waals surface area (Å²) in [6, 6.07) is 11.9. The van der Waals surface area contributed by atoms with Crippen molar-refractivity contribution in [3.8, 4) is 11.5 Å². The van der Waals surface area contributed by atoms with E-state index in [1.807, 2.05) is 37.4 Å². The summed E-state index contributed by atoms with van der Waals surface area (Å²) in [5.41, 5.74) is 3.13. The number of halogens is 1. The van der Waals surface area contributed by atoms with Gasteiger partial charge in [0.1, 0.15) is 19.0 Å². The Morgan fingerprint density at radius 3 is 2.72 bits per heavy atom. The summed E-state index contributed by atoms with van der Waals surface area (Å²) in [6.45, 7) is 2.74. The minimum absolute atomic E-state index is 0.577. The van der Waals surface area contributed by atoms with Crippen LogP contribution in [0.15, 0.2) is 36.4 Å². The molecule has 130 valence electrons. The number of ether oxygens (including phenoxy) is 2. The van der Waals surface area contributed by atoms with E-state index in [9.17, 15) is 0 Å². The third kappa shape index (κ3) is 3.30. The van der Waals surface area contributed by atoms with Crippen molar-refractivity contribution in [1.82, 2.24) is 14.9 Å². The summed E-state index contributed by atoms with van der Waals surface area (Å²) >= 11 is 6.15. The molecule has 0 spiro atoms. The second kappa shape index (κ2) is 6.94. The number of aromatic nitrogens is 2. The minimum Gasteiger partial charge on any atom is -0.486 e. The average Bonchev–Trinajstić information content (AvgIpc) is 2.94. The Morgan fingerprint density at radius 1 is 1.16 bits per heavy atom. The fourth-order valence-electron chi connectivity index (χ4n) is 3.13. The van der Waals surface area contributed by atoms with Gasteiger partial charge in [0.05, 0.1) is 11.0 Å². The van der Waals surface area contributed by atoms with Gasteiger partial charge in [-0.1, -0.05) is 23.7 Å². The van der Waals surface area contributed by atoms with E-state index in [0.717, 1.165) is 58.5 Å². The van der Waals surface area contributed by atoms with Crippen LogP contribution in [-0.2, 0) is 13.0 Å². The van der Waals surface area contributed by atoms with Gasteiger partial charge in [-0.15, -0.1) is 0 Å². The van der Waals surface area contributed by atoms with E-state index in [0.29, 0.717) is 13.2 Å². The Labute approximate surface area is 151 Å². The fourth-order valence-corrected chi connectivity index (χ4v) is 3.35. The predicted molar refractivity (Wildman–Crippen MR) is 98.9 cm³/mol. The first-order valence-corrected chi connectivity index (χ1v) is 8.80. The number of hydrogen-bond acceptors (Lipinski definition) is 4. The number of imidazole rings is 1. The van der Waals surface area contributed by atoms with Crippen LogP contribution >= 0.6 is 11.6 Å². The van der Waals surface area contributed by atoms with E-state index >= 15 is 0 Å². The highest BCUT2D eigenvalue weighted by molar-refractivity contribution is 6.30. The van der Waals surface area contributed by atoms with Crippen LogP contribution in [0.5, 0.6) is 11.5 Å². The number of nitrogens with one attached hydrogen (secondary N) is 1. The SMILES string of the molecule is CNCCc1nc2cc3c(cc2n1Cc1cccc(Cl)c1)OCCO3. The van der Waals surface area contributed by atoms with Crippen LogP contribution in [-0.4, -0.2) is 36.4 Å². The van der Waals surface area contributed by atoms with Crippen molar-refractivity contribution in [1.29, 1.82) is 0 Å². The summed E-state index contributed by atoms with van der Waals surface area (Å²) < 4.78 is 13.7. The van der Waals surface area contributed by atoms with Gasteiger partial charge in [0.2, 0.25) is 0 Å². The third-order valence-corrected chi connectivity index (χ3v) is 4.55. The maximum atomic E-state index is 6.15. The monoisotopic (exact) mass is 357 g/mol. The van der Waals surface area contributed by atoms with Crippen LogP contribution in [0, 0.1) is 0 Å². The maximum Gasteiger partial charge on any atom is 0.163 e. The van der Waals surface area contributed by atoms with E-state index in [1.54, 1.807) is 0 Å². The number of rotatable bonds is 5. The zero-order valence-electron chi connectivity index (χ0n) is 14.1. The van der Waals surface area contributed by atoms with Gasteiger partial charge < -0.3 is 19.4 Å². The maximum absolute atomic E-state index is 6.15. The van der Waals surface area contributed by atoms with Crippen molar-refractivity contribution in [2.24, 2.45) is 0 Å². The van der Waals surface area contributed by atoms with Crippen LogP contribution in [0.2, 0.25) is 5.02 Å². The Bertz CT molecular complexity index is 907. The highest BCUT2D eigenvalue weighted by Crippen LogP contribution is 2.35. The number of fused-ring (bicyclic) bond motifs is 2. The molecule has 0 aliphatic carbocycles. The van der Waals surface area contributed by atoms with Crippen molar-refractivity contribution in [3.63, 3.8) is 0 Å². The molecule has 0 amide bonds. The Balaban J connectivity index is 1.80. The van der Waals surface area contributed by atoms with E-state index in [1.165, 1.54) is 0 Å². The topological polar surface area (TPSA) is 48.3 Å². The lowest BCUT2D eigenvalue weighted by atomic mass is 10.2. The van der Waals surface area contributed by atoms with Crippen molar-refractivity contribution < 1.29 is 9.47 Å². The van der Waals surface area contributed by atoms with Crippen LogP contribution < -0.4 is 14.8 Å². The zero-order valence-corrected chi connectivity index (χ0v) is 14.8. The van der Waals surface area contributed by atoms with Crippen molar-refractivity contribution in [2.75, 3.05) is 26.8 Å². The zero-order chi connectivity index (χ0) is 17.2. The van der Waals surface area contributed by atoms with Crippen molar-refractivity contribution in [3.05, 3.63) is 52.8 Å². The Morgan fingerprint density at radius 2 is 1.96 bits per heavy atom. The summed E-state index contributed by atoms with van der Waals surface area (Å²) in [5.74, 6) is 2.59. The van der Waals surface area contributed by atoms with Gasteiger partial charge >= 0.3 is 0 Å². The van der Waals surface area contributed by atoms with Gasteiger partial charge in [0.15, 0.2) is 11.5 Å². The standard InChI is InChI=1S/C19H20ClN3O2/c1-21-6-5-19-22-15-10-17-18(25-8-7-24-17)11-16(15)23(19)12-13-3-2-4-14(20)9-13/h2-4,9-11,21H,5-8,12H2,1H3. The lowest BCUT2D eigenvalue weighted by Gasteiger charge is -2.18. The number of benzene rings is 2. The van der Waals surface area contributed by atoms with Gasteiger partial charge in [0, 0.05) is 36.7 Å². The molecule has 6 heteroatoms. The van der Waals surface area contributed by atoms with Gasteiger partial charge in [-0.3, -0.25) is 0 Å². The summed E-state index contributed by atoms with van der Waals surface area (Å²) in [5, 5.41) is 3.94. The molecule has 25 heavy (non-hydrogen) atoms. The Kier molecular flexibility index (Phi) is 4.51. The largest absolute Gasteiger partial charge is 0.486 e. The van der Waals surface area contributed by atoms with E-state index < -0.39 is 0 Å². The molecule has 0 saturated heterocycles. The van der Waals surface area contributed by atoms with Crippen LogP contribution in [0.4, 0.5) is 0 Å². The smallest absolute Gasteiger partial charge is 0.163 e. The molecule has 0 fully saturated rings. The highest BCUT2D eigenvalue weighted by atomic mass is 35.5. The van der Waals surface area contributed by atoms with Crippen molar-refractivity contribution >= 4 is 22.6 Å². The molecule has 1 N–H and O–H groups in total. The molecule has 0 atom stereocenters. The molecular weight excluding hydrogens is 338 g/mol. The molecule has 5 nitrogen and oxygen atoms in total. The number of hydrogen-bond donors (Lipinski definition) is 1. The normalized spacial score (nSPS) is 13.4. The molecule has 1 aromatic heterocycles. The first-order chi connectivity index (χ1) is 12.2. The van der Waals surface area contributed by atoms with Crippen molar-refractivity contribution in [2.45, 2.75) is 13.0 Å². The quantitative estimate of drug-likeness (QED) is 0.761. The summed E-state index contributed by atoms with van der Waals surface area (Å²) in [7, 11) is 1.95. The molecule has 2 aromatic carbocycles. The van der Waals surface area contributed by atoms with Crippen LogP contribution in [0.3, 0.4) is 0 Å². The lowest BCUT2D eigenvalue weighted by Crippen LogP contribution is -2.15. The summed E-state index contributed by atoms with van der Waals surface area (Å²) in [4.78, 5) is 4.83. The molecule has 0 radical (unpaired) electrons. The lowest BCUT2D eigenvalue weighted by molar-refractivity contribution is 0.172. The first kappa shape index (κ1) is 16.2. The fraction of sp³-hybridized carbons (Fsp3) is 0.316. The number of likely N-dealkylation sites (N-methyl/N-ethyl adjacent to an activating group) is 1. The Hall–Kier alpha value is -2.24. The third-order valence-electron chi connectivity index (χ3n) is 4.32. The molecule has 2 heterocycles.